The molecule has 6 atom stereocenters. The molecule has 0 aromatic rings. The van der Waals surface area contributed by atoms with Gasteiger partial charge >= 0.3 is 0 Å². The lowest BCUT2D eigenvalue weighted by Gasteiger charge is -2.53. The van der Waals surface area contributed by atoms with Crippen LogP contribution in [0.4, 0.5) is 0 Å². The lowest BCUT2D eigenvalue weighted by molar-refractivity contribution is -0.0216. The molecule has 1 heteroatoms. The van der Waals surface area contributed by atoms with Crippen LogP contribution in [-0.4, -0.2) is 13.1 Å². The topological polar surface area (TPSA) is 12.0 Å². The second-order valence-corrected chi connectivity index (χ2v) is 31.0. The lowest BCUT2D eigenvalue weighted by Crippen LogP contribution is -2.43. The third-order valence-corrected chi connectivity index (χ3v) is 23.5. The van der Waals surface area contributed by atoms with Crippen molar-refractivity contribution in [2.24, 2.45) is 128 Å². The minimum absolute atomic E-state index is 0.490. The molecule has 8 rings (SSSR count). The van der Waals surface area contributed by atoms with Gasteiger partial charge in [-0.25, -0.2) is 0 Å². The first-order chi connectivity index (χ1) is 30.2. The predicted octanol–water partition coefficient (Wildman–Crippen LogP) is 18.5. The number of hydrogen-bond acceptors (Lipinski definition) is 1. The molecule has 1 nitrogen and oxygen atoms in total. The molecule has 64 heavy (non-hydrogen) atoms. The molecule has 1 saturated heterocycles. The maximum absolute atomic E-state index is 3.82. The molecule has 1 aliphatic heterocycles. The molecule has 1 heterocycles. The molecule has 0 aromatic carbocycles. The van der Waals surface area contributed by atoms with Gasteiger partial charge in [0, 0.05) is 0 Å². The smallest absolute Gasteiger partial charge is 0.00462 e. The second-order valence-electron chi connectivity index (χ2n) is 31.0. The van der Waals surface area contributed by atoms with Crippen molar-refractivity contribution in [3.8, 4) is 0 Å². The van der Waals surface area contributed by atoms with Crippen LogP contribution in [0.5, 0.6) is 0 Å². The highest BCUT2D eigenvalue weighted by Gasteiger charge is 2.49. The largest absolute Gasteiger partial charge is 0.317 e. The molecular formula is C63H113N. The van der Waals surface area contributed by atoms with E-state index in [0.717, 1.165) is 107 Å². The van der Waals surface area contributed by atoms with Crippen LogP contribution >= 0.6 is 0 Å². The number of piperidine rings is 1. The van der Waals surface area contributed by atoms with Crippen LogP contribution in [0.1, 0.15) is 256 Å². The quantitative estimate of drug-likeness (QED) is 0.269. The first-order valence-electron chi connectivity index (χ1n) is 29.9. The van der Waals surface area contributed by atoms with Gasteiger partial charge in [-0.1, -0.05) is 83.1 Å². The van der Waals surface area contributed by atoms with Crippen molar-refractivity contribution in [3.05, 3.63) is 0 Å². The zero-order valence-corrected chi connectivity index (χ0v) is 45.4. The Morgan fingerprint density at radius 1 is 0.203 bits per heavy atom. The highest BCUT2D eigenvalue weighted by atomic mass is 14.9. The summed E-state index contributed by atoms with van der Waals surface area (Å²) in [7, 11) is 0. The molecule has 6 unspecified atom stereocenters. The fourth-order valence-electron chi connectivity index (χ4n) is 19.0. The minimum Gasteiger partial charge on any atom is -0.317 e. The number of nitrogens with one attached hydrogen (secondary N) is 1. The van der Waals surface area contributed by atoms with Gasteiger partial charge in [0.1, 0.15) is 0 Å². The highest BCUT2D eigenvalue weighted by Crippen LogP contribution is 2.59. The van der Waals surface area contributed by atoms with Crippen LogP contribution in [0.2, 0.25) is 0 Å². The normalized spacial score (nSPS) is 44.3. The summed E-state index contributed by atoms with van der Waals surface area (Å²) >= 11 is 0. The molecule has 7 aliphatic carbocycles. The van der Waals surface area contributed by atoms with E-state index in [2.05, 4.69) is 88.4 Å². The molecular weight excluding hydrogens is 771 g/mol. The van der Waals surface area contributed by atoms with Gasteiger partial charge in [0.15, 0.2) is 0 Å². The summed E-state index contributed by atoms with van der Waals surface area (Å²) < 4.78 is 0. The molecule has 7 saturated carbocycles. The van der Waals surface area contributed by atoms with Gasteiger partial charge in [-0.2, -0.15) is 0 Å². The van der Waals surface area contributed by atoms with E-state index in [1.807, 2.05) is 0 Å². The Morgan fingerprint density at radius 2 is 0.359 bits per heavy atom. The number of rotatable bonds is 7. The van der Waals surface area contributed by atoms with Crippen molar-refractivity contribution < 1.29 is 0 Å². The van der Waals surface area contributed by atoms with E-state index in [4.69, 9.17) is 0 Å². The molecule has 1 N–H and O–H groups in total. The highest BCUT2D eigenvalue weighted by molar-refractivity contribution is 4.99. The maximum atomic E-state index is 3.82. The maximum Gasteiger partial charge on any atom is -0.00462 e. The van der Waals surface area contributed by atoms with Crippen LogP contribution < -0.4 is 5.32 Å². The van der Waals surface area contributed by atoms with Crippen LogP contribution in [0.25, 0.3) is 0 Å². The summed E-state index contributed by atoms with van der Waals surface area (Å²) in [6, 6.07) is 0. The minimum atomic E-state index is 0.490. The Morgan fingerprint density at radius 3 is 0.531 bits per heavy atom. The lowest BCUT2D eigenvalue weighted by atomic mass is 9.53. The van der Waals surface area contributed by atoms with Crippen LogP contribution in [-0.2, 0) is 0 Å². The van der Waals surface area contributed by atoms with E-state index in [1.54, 1.807) is 109 Å². The Labute approximate surface area is 401 Å². The summed E-state index contributed by atoms with van der Waals surface area (Å²) in [6.45, 7) is 33.1. The Hall–Kier alpha value is -0.0400. The monoisotopic (exact) mass is 884 g/mol. The van der Waals surface area contributed by atoms with Gasteiger partial charge in [0.05, 0.1) is 0 Å². The van der Waals surface area contributed by atoms with Crippen molar-refractivity contribution in [1.29, 1.82) is 0 Å². The first-order valence-corrected chi connectivity index (χ1v) is 29.9. The third kappa shape index (κ3) is 12.5. The van der Waals surface area contributed by atoms with Gasteiger partial charge in [0.25, 0.3) is 0 Å². The summed E-state index contributed by atoms with van der Waals surface area (Å²) in [6.07, 6.45) is 42.0. The summed E-state index contributed by atoms with van der Waals surface area (Å²) in [5.41, 5.74) is 1.96. The van der Waals surface area contributed by atoms with E-state index in [9.17, 15) is 0 Å². The Balaban J connectivity index is 1.04. The molecule has 370 valence electrons. The standard InChI is InChI=1S/C63H113N/c1-60(2,3)56-21-13-42(14-22-56)47-33-48(43-15-23-57(24-16-43)61(4,5)6)36-52(35-47)54-39-51(46-29-31-64-32-30-46)40-55(41-54)53-37-49(44-17-25-58(26-18-44)62(7,8)9)34-50(38-53)45-19-27-59(28-20-45)63(10,11)12/h42-59,64H,13-41H2,1-12H3. The molecule has 0 aromatic heterocycles. The molecule has 0 radical (unpaired) electrons. The second kappa shape index (κ2) is 20.7. The Bertz CT molecular complexity index is 1210. The van der Waals surface area contributed by atoms with E-state index in [0.29, 0.717) is 21.7 Å². The molecule has 0 amide bonds. The first kappa shape index (κ1) is 50.4. The molecule has 8 aliphatic rings. The summed E-state index contributed by atoms with van der Waals surface area (Å²) in [5.74, 6) is 18.1. The SMILES string of the molecule is CC(C)(C)C1CCC(C2CC(C3CCC(C(C)(C)C)CC3)CC(C3CC(C4CCNCC4)CC(C4CC(C5CCC(C(C)(C)C)CC5)CC(C5CCC(C(C)(C)C)CC5)C4)C3)C2)CC1. The third-order valence-electron chi connectivity index (χ3n) is 23.5. The Kier molecular flexibility index (Phi) is 16.3. The van der Waals surface area contributed by atoms with Crippen molar-refractivity contribution in [2.45, 2.75) is 256 Å². The molecule has 0 bridgehead atoms. The average Bonchev–Trinajstić information content (AvgIpc) is 3.28. The van der Waals surface area contributed by atoms with E-state index in [1.165, 1.54) is 77.3 Å². The van der Waals surface area contributed by atoms with Gasteiger partial charge in [-0.3, -0.25) is 0 Å². The van der Waals surface area contributed by atoms with Gasteiger partial charge in [0.2, 0.25) is 0 Å². The number of hydrogen-bond donors (Lipinski definition) is 1. The molecule has 8 fully saturated rings. The van der Waals surface area contributed by atoms with Gasteiger partial charge in [-0.05, 0) is 315 Å². The van der Waals surface area contributed by atoms with E-state index >= 15 is 0 Å². The van der Waals surface area contributed by atoms with Crippen molar-refractivity contribution in [2.75, 3.05) is 13.1 Å². The summed E-state index contributed by atoms with van der Waals surface area (Å²) in [4.78, 5) is 0. The van der Waals surface area contributed by atoms with Crippen molar-refractivity contribution in [1.82, 2.24) is 5.32 Å². The van der Waals surface area contributed by atoms with E-state index < -0.39 is 0 Å². The van der Waals surface area contributed by atoms with Crippen LogP contribution in [0, 0.1) is 128 Å². The fraction of sp³-hybridized carbons (Fsp3) is 1.00. The van der Waals surface area contributed by atoms with Gasteiger partial charge in [-0.15, -0.1) is 0 Å². The zero-order valence-electron chi connectivity index (χ0n) is 45.4. The van der Waals surface area contributed by atoms with E-state index in [-0.39, 0.29) is 0 Å². The fourth-order valence-corrected chi connectivity index (χ4v) is 19.0. The summed E-state index contributed by atoms with van der Waals surface area (Å²) in [5, 5.41) is 3.82. The van der Waals surface area contributed by atoms with Gasteiger partial charge < -0.3 is 5.32 Å². The zero-order chi connectivity index (χ0) is 45.6. The van der Waals surface area contributed by atoms with Crippen LogP contribution in [0.15, 0.2) is 0 Å². The average molecular weight is 885 g/mol. The predicted molar refractivity (Wildman–Crippen MR) is 278 cm³/mol. The van der Waals surface area contributed by atoms with Crippen molar-refractivity contribution >= 4 is 0 Å². The molecule has 0 spiro atoms. The van der Waals surface area contributed by atoms with Crippen molar-refractivity contribution in [3.63, 3.8) is 0 Å². The van der Waals surface area contributed by atoms with Crippen LogP contribution in [0.3, 0.4) is 0 Å².